The van der Waals surface area contributed by atoms with Gasteiger partial charge < -0.3 is 4.74 Å². The Hall–Kier alpha value is -2.33. The summed E-state index contributed by atoms with van der Waals surface area (Å²) in [6.45, 7) is 4.97. The smallest absolute Gasteiger partial charge is 0.261 e. The first-order chi connectivity index (χ1) is 11.6. The number of fused-ring (bicyclic) bond motifs is 1. The van der Waals surface area contributed by atoms with E-state index in [1.54, 1.807) is 17.0 Å². The highest BCUT2D eigenvalue weighted by atomic mass is 35.5. The normalized spacial score (nSPS) is 11.0. The van der Waals surface area contributed by atoms with Gasteiger partial charge in [0.1, 0.15) is 5.75 Å². The molecule has 3 rings (SSSR count). The first kappa shape index (κ1) is 16.5. The van der Waals surface area contributed by atoms with E-state index in [1.165, 1.54) is 0 Å². The van der Waals surface area contributed by atoms with Crippen molar-refractivity contribution in [2.75, 3.05) is 6.61 Å². The fraction of sp³-hybridized carbons (Fsp3) is 0.263. The van der Waals surface area contributed by atoms with E-state index < -0.39 is 0 Å². The highest BCUT2D eigenvalue weighted by Crippen LogP contribution is 2.31. The number of nitrogens with zero attached hydrogens (tertiary/aromatic N) is 2. The highest BCUT2D eigenvalue weighted by Gasteiger charge is 2.08. The number of hydrogen-bond donors (Lipinski definition) is 0. The van der Waals surface area contributed by atoms with Gasteiger partial charge in [-0.05, 0) is 43.5 Å². The van der Waals surface area contributed by atoms with E-state index >= 15 is 0 Å². The van der Waals surface area contributed by atoms with Crippen molar-refractivity contribution in [2.45, 2.75) is 26.8 Å². The Kier molecular flexibility index (Phi) is 4.86. The molecule has 0 aliphatic rings. The topological polar surface area (TPSA) is 44.1 Å². The average Bonchev–Trinajstić information content (AvgIpc) is 2.59. The summed E-state index contributed by atoms with van der Waals surface area (Å²) in [6, 6.07) is 11.3. The zero-order valence-corrected chi connectivity index (χ0v) is 14.5. The van der Waals surface area contributed by atoms with E-state index in [0.29, 0.717) is 30.0 Å². The van der Waals surface area contributed by atoms with Crippen molar-refractivity contribution in [1.82, 2.24) is 9.55 Å². The number of aromatic nitrogens is 2. The third-order valence-corrected chi connectivity index (χ3v) is 4.48. The number of para-hydroxylation sites is 1. The maximum atomic E-state index is 12.4. The van der Waals surface area contributed by atoms with Gasteiger partial charge in [0, 0.05) is 6.54 Å². The summed E-state index contributed by atoms with van der Waals surface area (Å²) in [4.78, 5) is 16.7. The van der Waals surface area contributed by atoms with Gasteiger partial charge in [0.15, 0.2) is 0 Å². The molecule has 0 unspecified atom stereocenters. The number of hydrogen-bond acceptors (Lipinski definition) is 3. The lowest BCUT2D eigenvalue weighted by atomic mass is 10.1. The van der Waals surface area contributed by atoms with Crippen LogP contribution >= 0.6 is 11.6 Å². The lowest BCUT2D eigenvalue weighted by Crippen LogP contribution is -2.21. The van der Waals surface area contributed by atoms with Crippen LogP contribution in [-0.2, 0) is 6.54 Å². The molecule has 0 spiro atoms. The van der Waals surface area contributed by atoms with Crippen LogP contribution in [0.25, 0.3) is 10.9 Å². The van der Waals surface area contributed by atoms with Crippen LogP contribution in [0, 0.1) is 13.8 Å². The number of halogens is 1. The standard InChI is InChI=1S/C19H19ClN2O2/c1-13-8-9-14(2)18(17(13)20)24-11-5-10-22-12-21-16-7-4-3-6-15(16)19(22)23/h3-4,6-9,12H,5,10-11H2,1-2H3. The maximum absolute atomic E-state index is 12.4. The fourth-order valence-electron chi connectivity index (χ4n) is 2.60. The summed E-state index contributed by atoms with van der Waals surface area (Å²) < 4.78 is 7.45. The summed E-state index contributed by atoms with van der Waals surface area (Å²) in [5.74, 6) is 0.723. The second kappa shape index (κ2) is 7.05. The van der Waals surface area contributed by atoms with Gasteiger partial charge in [0.25, 0.3) is 5.56 Å². The van der Waals surface area contributed by atoms with Crippen molar-refractivity contribution in [2.24, 2.45) is 0 Å². The molecule has 124 valence electrons. The van der Waals surface area contributed by atoms with Crippen molar-refractivity contribution < 1.29 is 4.74 Å². The largest absolute Gasteiger partial charge is 0.492 e. The van der Waals surface area contributed by atoms with Crippen molar-refractivity contribution >= 4 is 22.5 Å². The molecule has 1 heterocycles. The molecule has 2 aromatic carbocycles. The summed E-state index contributed by atoms with van der Waals surface area (Å²) >= 11 is 6.29. The molecular formula is C19H19ClN2O2. The predicted molar refractivity (Wildman–Crippen MR) is 97.0 cm³/mol. The van der Waals surface area contributed by atoms with E-state index in [1.807, 2.05) is 44.2 Å². The Morgan fingerprint density at radius 3 is 2.71 bits per heavy atom. The zero-order valence-electron chi connectivity index (χ0n) is 13.8. The Bertz CT molecular complexity index is 934. The molecule has 0 aliphatic heterocycles. The predicted octanol–water partition coefficient (Wildman–Crippen LogP) is 4.14. The van der Waals surface area contributed by atoms with Crippen molar-refractivity contribution in [3.8, 4) is 5.75 Å². The highest BCUT2D eigenvalue weighted by molar-refractivity contribution is 6.32. The molecule has 0 bridgehead atoms. The minimum Gasteiger partial charge on any atom is -0.492 e. The van der Waals surface area contributed by atoms with Crippen LogP contribution in [0.4, 0.5) is 0 Å². The molecule has 1 aromatic heterocycles. The second-order valence-corrected chi connectivity index (χ2v) is 6.18. The van der Waals surface area contributed by atoms with Crippen LogP contribution in [-0.4, -0.2) is 16.2 Å². The summed E-state index contributed by atoms with van der Waals surface area (Å²) in [5, 5.41) is 1.29. The summed E-state index contributed by atoms with van der Waals surface area (Å²) in [5.41, 5.74) is 2.70. The van der Waals surface area contributed by atoms with Crippen LogP contribution < -0.4 is 10.3 Å². The van der Waals surface area contributed by atoms with E-state index in [2.05, 4.69) is 4.98 Å². The molecule has 3 aromatic rings. The van der Waals surface area contributed by atoms with E-state index in [9.17, 15) is 4.79 Å². The number of aryl methyl sites for hydroxylation is 3. The molecule has 4 nitrogen and oxygen atoms in total. The molecule has 0 atom stereocenters. The van der Waals surface area contributed by atoms with Gasteiger partial charge in [0.05, 0.1) is 28.9 Å². The monoisotopic (exact) mass is 342 g/mol. The fourth-order valence-corrected chi connectivity index (χ4v) is 2.87. The average molecular weight is 343 g/mol. The van der Waals surface area contributed by atoms with Crippen LogP contribution in [0.1, 0.15) is 17.5 Å². The Morgan fingerprint density at radius 1 is 1.12 bits per heavy atom. The summed E-state index contributed by atoms with van der Waals surface area (Å²) in [7, 11) is 0. The van der Waals surface area contributed by atoms with Gasteiger partial charge in [-0.3, -0.25) is 9.36 Å². The molecule has 0 radical (unpaired) electrons. The molecule has 0 aliphatic carbocycles. The molecular weight excluding hydrogens is 324 g/mol. The van der Waals surface area contributed by atoms with Gasteiger partial charge in [-0.2, -0.15) is 0 Å². The van der Waals surface area contributed by atoms with E-state index in [4.69, 9.17) is 16.3 Å². The molecule has 0 amide bonds. The Labute approximate surface area is 145 Å². The minimum absolute atomic E-state index is 0.0228. The maximum Gasteiger partial charge on any atom is 0.261 e. The molecule has 0 fully saturated rings. The lowest BCUT2D eigenvalue weighted by molar-refractivity contribution is 0.299. The van der Waals surface area contributed by atoms with Crippen LogP contribution in [0.3, 0.4) is 0 Å². The van der Waals surface area contributed by atoms with Crippen molar-refractivity contribution in [1.29, 1.82) is 0 Å². The Balaban J connectivity index is 1.67. The third kappa shape index (κ3) is 3.29. The molecule has 0 saturated carbocycles. The van der Waals surface area contributed by atoms with Gasteiger partial charge in [-0.15, -0.1) is 0 Å². The van der Waals surface area contributed by atoms with Gasteiger partial charge in [-0.25, -0.2) is 4.98 Å². The molecule has 24 heavy (non-hydrogen) atoms. The molecule has 0 saturated heterocycles. The van der Waals surface area contributed by atoms with Crippen molar-refractivity contribution in [3.63, 3.8) is 0 Å². The van der Waals surface area contributed by atoms with E-state index in [0.717, 1.165) is 22.4 Å². The van der Waals surface area contributed by atoms with Gasteiger partial charge in [0.2, 0.25) is 0 Å². The van der Waals surface area contributed by atoms with Crippen LogP contribution in [0.15, 0.2) is 47.5 Å². The van der Waals surface area contributed by atoms with Gasteiger partial charge in [-0.1, -0.05) is 35.9 Å². The van der Waals surface area contributed by atoms with Crippen molar-refractivity contribution in [3.05, 3.63) is 69.2 Å². The SMILES string of the molecule is Cc1ccc(C)c(OCCCn2cnc3ccccc3c2=O)c1Cl. The first-order valence-corrected chi connectivity index (χ1v) is 8.28. The molecule has 0 N–H and O–H groups in total. The minimum atomic E-state index is -0.0228. The van der Waals surface area contributed by atoms with Crippen LogP contribution in [0.5, 0.6) is 5.75 Å². The second-order valence-electron chi connectivity index (χ2n) is 5.80. The number of ether oxygens (including phenoxy) is 1. The zero-order chi connectivity index (χ0) is 17.1. The van der Waals surface area contributed by atoms with E-state index in [-0.39, 0.29) is 5.56 Å². The number of rotatable bonds is 5. The van der Waals surface area contributed by atoms with Gasteiger partial charge >= 0.3 is 0 Å². The Morgan fingerprint density at radius 2 is 1.88 bits per heavy atom. The molecule has 5 heteroatoms. The summed E-state index contributed by atoms with van der Waals surface area (Å²) in [6.07, 6.45) is 2.29. The van der Waals surface area contributed by atoms with Crippen LogP contribution in [0.2, 0.25) is 5.02 Å². The lowest BCUT2D eigenvalue weighted by Gasteiger charge is -2.13. The quantitative estimate of drug-likeness (QED) is 0.655. The first-order valence-electron chi connectivity index (χ1n) is 7.90. The third-order valence-electron chi connectivity index (χ3n) is 4.01. The number of benzene rings is 2.